The van der Waals surface area contributed by atoms with Crippen molar-refractivity contribution in [1.82, 2.24) is 19.4 Å². The van der Waals surface area contributed by atoms with Crippen LogP contribution in [-0.2, 0) is 17.1 Å². The van der Waals surface area contributed by atoms with Gasteiger partial charge in [-0.1, -0.05) is 0 Å². The molecule has 0 radical (unpaired) electrons. The molecule has 8 heteroatoms. The number of hydrogen-bond donors (Lipinski definition) is 2. The Bertz CT molecular complexity index is 466. The summed E-state index contributed by atoms with van der Waals surface area (Å²) in [4.78, 5) is 2.03. The van der Waals surface area contributed by atoms with E-state index in [9.17, 15) is 8.42 Å². The molecule has 0 saturated carbocycles. The van der Waals surface area contributed by atoms with Gasteiger partial charge in [0.2, 0.25) is 10.0 Å². The Balaban J connectivity index is 2.61. The summed E-state index contributed by atoms with van der Waals surface area (Å²) in [6.45, 7) is 1.21. The molecule has 1 aromatic heterocycles. The van der Waals surface area contributed by atoms with E-state index in [1.54, 1.807) is 7.05 Å². The first-order chi connectivity index (χ1) is 7.84. The fourth-order valence-corrected chi connectivity index (χ4v) is 2.48. The van der Waals surface area contributed by atoms with Gasteiger partial charge in [-0.2, -0.15) is 5.10 Å². The quantitative estimate of drug-likeness (QED) is 0.656. The standard InChI is InChI=1S/C9H19N5O2S/c1-13(2)6-4-5-12-17(15,16)8-7-11-14(3)9(8)10/h7,12H,4-6,10H2,1-3H3. The van der Waals surface area contributed by atoms with Gasteiger partial charge in [0.05, 0.1) is 6.20 Å². The van der Waals surface area contributed by atoms with Gasteiger partial charge in [-0.3, -0.25) is 4.68 Å². The number of anilines is 1. The van der Waals surface area contributed by atoms with Crippen LogP contribution < -0.4 is 10.5 Å². The Kier molecular flexibility index (Phi) is 4.49. The zero-order valence-corrected chi connectivity index (χ0v) is 11.2. The van der Waals surface area contributed by atoms with Crippen molar-refractivity contribution in [3.05, 3.63) is 6.20 Å². The number of aromatic nitrogens is 2. The Morgan fingerprint density at radius 1 is 1.53 bits per heavy atom. The third kappa shape index (κ3) is 3.69. The molecule has 0 atom stereocenters. The van der Waals surface area contributed by atoms with E-state index in [2.05, 4.69) is 9.82 Å². The molecule has 0 aliphatic carbocycles. The summed E-state index contributed by atoms with van der Waals surface area (Å²) in [6, 6.07) is 0. The van der Waals surface area contributed by atoms with Crippen molar-refractivity contribution in [3.63, 3.8) is 0 Å². The molecule has 0 saturated heterocycles. The fraction of sp³-hybridized carbons (Fsp3) is 0.667. The molecular weight excluding hydrogens is 242 g/mol. The summed E-state index contributed by atoms with van der Waals surface area (Å²) in [5, 5.41) is 3.80. The molecular formula is C9H19N5O2S. The van der Waals surface area contributed by atoms with Crippen molar-refractivity contribution in [2.75, 3.05) is 32.9 Å². The maximum atomic E-state index is 11.9. The number of nitrogens with zero attached hydrogens (tertiary/aromatic N) is 3. The first kappa shape index (κ1) is 13.9. The zero-order valence-electron chi connectivity index (χ0n) is 10.3. The second-order valence-electron chi connectivity index (χ2n) is 4.07. The summed E-state index contributed by atoms with van der Waals surface area (Å²) in [5.74, 6) is 0.144. The van der Waals surface area contributed by atoms with Crippen molar-refractivity contribution in [1.29, 1.82) is 0 Å². The van der Waals surface area contributed by atoms with Gasteiger partial charge < -0.3 is 10.6 Å². The van der Waals surface area contributed by atoms with Crippen LogP contribution in [0.25, 0.3) is 0 Å². The minimum absolute atomic E-state index is 0.0323. The summed E-state index contributed by atoms with van der Waals surface area (Å²) >= 11 is 0. The van der Waals surface area contributed by atoms with Crippen molar-refractivity contribution < 1.29 is 8.42 Å². The molecule has 0 bridgehead atoms. The summed E-state index contributed by atoms with van der Waals surface area (Å²) in [5.41, 5.74) is 5.61. The largest absolute Gasteiger partial charge is 0.383 e. The molecule has 0 amide bonds. The summed E-state index contributed by atoms with van der Waals surface area (Å²) < 4.78 is 27.5. The van der Waals surface area contributed by atoms with Gasteiger partial charge in [0.1, 0.15) is 10.7 Å². The van der Waals surface area contributed by atoms with Crippen LogP contribution in [0.2, 0.25) is 0 Å². The van der Waals surface area contributed by atoms with E-state index in [1.165, 1.54) is 10.9 Å². The van der Waals surface area contributed by atoms with Gasteiger partial charge in [0.25, 0.3) is 0 Å². The van der Waals surface area contributed by atoms with Gasteiger partial charge in [0, 0.05) is 13.6 Å². The third-order valence-corrected chi connectivity index (χ3v) is 3.79. The number of hydrogen-bond acceptors (Lipinski definition) is 5. The minimum Gasteiger partial charge on any atom is -0.383 e. The second kappa shape index (κ2) is 5.48. The lowest BCUT2D eigenvalue weighted by Crippen LogP contribution is -2.27. The lowest BCUT2D eigenvalue weighted by molar-refractivity contribution is 0.400. The Morgan fingerprint density at radius 2 is 2.18 bits per heavy atom. The number of nitrogen functional groups attached to an aromatic ring is 1. The molecule has 0 aromatic carbocycles. The van der Waals surface area contributed by atoms with Crippen LogP contribution in [0.3, 0.4) is 0 Å². The van der Waals surface area contributed by atoms with Crippen molar-refractivity contribution in [2.24, 2.45) is 7.05 Å². The van der Waals surface area contributed by atoms with E-state index in [0.717, 1.165) is 13.0 Å². The molecule has 0 aliphatic heterocycles. The average Bonchev–Trinajstić information content (AvgIpc) is 2.55. The van der Waals surface area contributed by atoms with Gasteiger partial charge in [-0.05, 0) is 27.1 Å². The number of nitrogens with two attached hydrogens (primary N) is 1. The van der Waals surface area contributed by atoms with E-state index in [0.29, 0.717) is 6.54 Å². The molecule has 3 N–H and O–H groups in total. The van der Waals surface area contributed by atoms with Gasteiger partial charge in [-0.25, -0.2) is 13.1 Å². The molecule has 0 spiro atoms. The molecule has 7 nitrogen and oxygen atoms in total. The maximum absolute atomic E-state index is 11.9. The Hall–Kier alpha value is -1.12. The summed E-state index contributed by atoms with van der Waals surface area (Å²) in [6.07, 6.45) is 2.00. The van der Waals surface area contributed by atoms with E-state index >= 15 is 0 Å². The lowest BCUT2D eigenvalue weighted by atomic mass is 10.4. The number of rotatable bonds is 6. The molecule has 1 heterocycles. The summed E-state index contributed by atoms with van der Waals surface area (Å²) in [7, 11) is 1.93. The van der Waals surface area contributed by atoms with Crippen molar-refractivity contribution >= 4 is 15.8 Å². The lowest BCUT2D eigenvalue weighted by Gasteiger charge is -2.10. The third-order valence-electron chi connectivity index (χ3n) is 2.31. The molecule has 17 heavy (non-hydrogen) atoms. The first-order valence-electron chi connectivity index (χ1n) is 5.26. The number of nitrogens with one attached hydrogen (secondary N) is 1. The minimum atomic E-state index is -3.54. The van der Waals surface area contributed by atoms with Gasteiger partial charge in [-0.15, -0.1) is 0 Å². The normalized spacial score (nSPS) is 12.2. The number of aryl methyl sites for hydroxylation is 1. The highest BCUT2D eigenvalue weighted by Crippen LogP contribution is 2.15. The van der Waals surface area contributed by atoms with Crippen LogP contribution in [0, 0.1) is 0 Å². The zero-order chi connectivity index (χ0) is 13.1. The van der Waals surface area contributed by atoms with E-state index in [4.69, 9.17) is 5.73 Å². The van der Waals surface area contributed by atoms with Crippen LogP contribution >= 0.6 is 0 Å². The molecule has 1 aromatic rings. The first-order valence-corrected chi connectivity index (χ1v) is 6.75. The Labute approximate surface area is 102 Å². The molecule has 0 unspecified atom stereocenters. The van der Waals surface area contributed by atoms with Crippen molar-refractivity contribution in [2.45, 2.75) is 11.3 Å². The molecule has 1 rings (SSSR count). The highest BCUT2D eigenvalue weighted by atomic mass is 32.2. The van der Waals surface area contributed by atoms with Crippen LogP contribution in [0.1, 0.15) is 6.42 Å². The Morgan fingerprint density at radius 3 is 2.65 bits per heavy atom. The van der Waals surface area contributed by atoms with E-state index in [1.807, 2.05) is 19.0 Å². The van der Waals surface area contributed by atoms with Crippen LogP contribution in [0.15, 0.2) is 11.1 Å². The molecule has 98 valence electrons. The van der Waals surface area contributed by atoms with E-state index in [-0.39, 0.29) is 10.7 Å². The SMILES string of the molecule is CN(C)CCCNS(=O)(=O)c1cnn(C)c1N. The molecule has 0 fully saturated rings. The van der Waals surface area contributed by atoms with Crippen molar-refractivity contribution in [3.8, 4) is 0 Å². The fourth-order valence-electron chi connectivity index (χ4n) is 1.31. The highest BCUT2D eigenvalue weighted by Gasteiger charge is 2.19. The monoisotopic (exact) mass is 261 g/mol. The van der Waals surface area contributed by atoms with Gasteiger partial charge in [0.15, 0.2) is 0 Å². The number of sulfonamides is 1. The average molecular weight is 261 g/mol. The second-order valence-corrected chi connectivity index (χ2v) is 5.81. The topological polar surface area (TPSA) is 93.2 Å². The van der Waals surface area contributed by atoms with E-state index < -0.39 is 10.0 Å². The molecule has 0 aliphatic rings. The van der Waals surface area contributed by atoms with Crippen LogP contribution in [-0.4, -0.2) is 50.3 Å². The highest BCUT2D eigenvalue weighted by molar-refractivity contribution is 7.89. The smallest absolute Gasteiger partial charge is 0.245 e. The predicted molar refractivity (Wildman–Crippen MR) is 66.0 cm³/mol. The van der Waals surface area contributed by atoms with Gasteiger partial charge >= 0.3 is 0 Å². The van der Waals surface area contributed by atoms with Crippen LogP contribution in [0.4, 0.5) is 5.82 Å². The predicted octanol–water partition coefficient (Wildman–Crippen LogP) is -0.768. The van der Waals surface area contributed by atoms with Crippen LogP contribution in [0.5, 0.6) is 0 Å². The maximum Gasteiger partial charge on any atom is 0.245 e.